The summed E-state index contributed by atoms with van der Waals surface area (Å²) in [7, 11) is 0. The molecule has 8 heteroatoms. The molecular formula is C16H25N3O4S. The maximum atomic E-state index is 12.5. The number of rotatable bonds is 4. The van der Waals surface area contributed by atoms with E-state index >= 15 is 0 Å². The van der Waals surface area contributed by atoms with Crippen molar-refractivity contribution in [2.45, 2.75) is 64.1 Å². The number of amides is 3. The zero-order valence-corrected chi connectivity index (χ0v) is 15.0. The predicted molar refractivity (Wildman–Crippen MR) is 88.4 cm³/mol. The molecule has 134 valence electrons. The van der Waals surface area contributed by atoms with Crippen LogP contribution in [-0.4, -0.2) is 46.6 Å². The third-order valence-electron chi connectivity index (χ3n) is 6.82. The van der Waals surface area contributed by atoms with Gasteiger partial charge in [-0.05, 0) is 49.4 Å². The van der Waals surface area contributed by atoms with Gasteiger partial charge in [0.2, 0.25) is 0 Å². The Morgan fingerprint density at radius 3 is 2.71 bits per heavy atom. The van der Waals surface area contributed by atoms with Crippen molar-refractivity contribution < 1.29 is 18.7 Å². The molecule has 0 aromatic rings. The highest BCUT2D eigenvalue weighted by Gasteiger charge is 2.54. The fourth-order valence-corrected chi connectivity index (χ4v) is 5.51. The molecule has 3 unspecified atom stereocenters. The summed E-state index contributed by atoms with van der Waals surface area (Å²) in [4.78, 5) is 32.1. The molecule has 4 fully saturated rings. The number of carbonyl (C=O) groups excluding carboxylic acids is 2. The number of nitrogens with one attached hydrogen (secondary N) is 1. The highest BCUT2D eigenvalue weighted by Crippen LogP contribution is 2.58. The van der Waals surface area contributed by atoms with E-state index in [1.165, 1.54) is 17.9 Å². The Hall–Kier alpha value is -0.990. The van der Waals surface area contributed by atoms with Gasteiger partial charge in [0, 0.05) is 19.5 Å². The van der Waals surface area contributed by atoms with Gasteiger partial charge in [-0.15, -0.1) is 0 Å². The topological polar surface area (TPSA) is 71.1 Å². The zero-order chi connectivity index (χ0) is 17.1. The van der Waals surface area contributed by atoms with E-state index in [-0.39, 0.29) is 24.1 Å². The van der Waals surface area contributed by atoms with Gasteiger partial charge in [0.1, 0.15) is 6.04 Å². The summed E-state index contributed by atoms with van der Waals surface area (Å²) < 4.78 is 4.84. The molecule has 2 saturated carbocycles. The lowest BCUT2D eigenvalue weighted by atomic mass is 9.82. The summed E-state index contributed by atoms with van der Waals surface area (Å²) in [5, 5.41) is 1.25. The first-order chi connectivity index (χ1) is 11.4. The molecule has 4 aliphatic rings. The lowest BCUT2D eigenvalue weighted by Crippen LogP contribution is -2.50. The van der Waals surface area contributed by atoms with Gasteiger partial charge in [-0.2, -0.15) is 5.06 Å². The van der Waals surface area contributed by atoms with Crippen LogP contribution in [0.3, 0.4) is 0 Å². The minimum atomic E-state index is -0.492. The van der Waals surface area contributed by atoms with Crippen molar-refractivity contribution in [3.05, 3.63) is 0 Å². The smallest absolute Gasteiger partial charge is 0.309 e. The van der Waals surface area contributed by atoms with Crippen LogP contribution in [0.4, 0.5) is 4.79 Å². The van der Waals surface area contributed by atoms with E-state index in [4.69, 9.17) is 9.12 Å². The Labute approximate surface area is 147 Å². The minimum absolute atomic E-state index is 0.0219. The lowest BCUT2D eigenvalue weighted by Gasteiger charge is -2.30. The molecule has 2 aliphatic heterocycles. The van der Waals surface area contributed by atoms with Crippen molar-refractivity contribution in [2.75, 3.05) is 6.54 Å². The first kappa shape index (κ1) is 16.5. The summed E-state index contributed by atoms with van der Waals surface area (Å²) in [6.45, 7) is 5.10. The molecule has 4 bridgehead atoms. The Balaban J connectivity index is 1.35. The molecule has 2 aliphatic carbocycles. The van der Waals surface area contributed by atoms with E-state index in [1.54, 1.807) is 4.90 Å². The summed E-state index contributed by atoms with van der Waals surface area (Å²) in [5.74, 6) is 0.949. The van der Waals surface area contributed by atoms with Gasteiger partial charge >= 0.3 is 6.03 Å². The van der Waals surface area contributed by atoms with Crippen LogP contribution in [0, 0.1) is 17.3 Å². The van der Waals surface area contributed by atoms with Gasteiger partial charge in [0.05, 0.1) is 12.1 Å². The van der Waals surface area contributed by atoms with E-state index in [1.807, 2.05) is 0 Å². The first-order valence-corrected chi connectivity index (χ1v) is 9.17. The minimum Gasteiger partial charge on any atom is -0.309 e. The Bertz CT molecular complexity index is 557. The van der Waals surface area contributed by atoms with Gasteiger partial charge in [0.15, 0.2) is 0 Å². The molecule has 5 atom stereocenters. The number of hydroxylamine groups is 3. The number of hydrogen-bond acceptors (Lipinski definition) is 5. The molecule has 0 aromatic heterocycles. The van der Waals surface area contributed by atoms with E-state index < -0.39 is 6.04 Å². The molecule has 0 radical (unpaired) electrons. The van der Waals surface area contributed by atoms with Gasteiger partial charge in [0.25, 0.3) is 5.91 Å². The third-order valence-corrected chi connectivity index (χ3v) is 7.00. The van der Waals surface area contributed by atoms with Crippen molar-refractivity contribution in [3.8, 4) is 0 Å². The van der Waals surface area contributed by atoms with Crippen molar-refractivity contribution in [3.63, 3.8) is 0 Å². The van der Waals surface area contributed by atoms with Crippen LogP contribution < -0.4 is 5.48 Å². The Kier molecular flexibility index (Phi) is 3.97. The number of carbonyl (C=O) groups is 2. The van der Waals surface area contributed by atoms with E-state index in [2.05, 4.69) is 32.2 Å². The van der Waals surface area contributed by atoms with Gasteiger partial charge < -0.3 is 4.90 Å². The predicted octanol–water partition coefficient (Wildman–Crippen LogP) is 1.90. The van der Waals surface area contributed by atoms with Gasteiger partial charge in [-0.25, -0.2) is 14.6 Å². The van der Waals surface area contributed by atoms with Crippen molar-refractivity contribution in [1.29, 1.82) is 0 Å². The van der Waals surface area contributed by atoms with Crippen LogP contribution in [0.1, 0.15) is 46.0 Å². The molecule has 1 N–H and O–H groups in total. The third kappa shape index (κ3) is 2.34. The SMILES string of the molecule is CC1(C)C2CCC1C(ONC(=O)[C@@H]1CC[C@@H]3CN1C(=O)N3OS)C2. The van der Waals surface area contributed by atoms with Crippen LogP contribution in [0.2, 0.25) is 0 Å². The number of thiol groups is 1. The van der Waals surface area contributed by atoms with Gasteiger partial charge in [-0.1, -0.05) is 13.8 Å². The summed E-state index contributed by atoms with van der Waals surface area (Å²) >= 11 is 3.73. The highest BCUT2D eigenvalue weighted by atomic mass is 32.1. The molecule has 3 amide bonds. The Morgan fingerprint density at radius 1 is 1.29 bits per heavy atom. The second kappa shape index (κ2) is 5.78. The number of urea groups is 1. The Morgan fingerprint density at radius 2 is 2.08 bits per heavy atom. The van der Waals surface area contributed by atoms with E-state index in [0.29, 0.717) is 30.2 Å². The molecule has 2 saturated heterocycles. The monoisotopic (exact) mass is 355 g/mol. The second-order valence-electron chi connectivity index (χ2n) is 8.15. The van der Waals surface area contributed by atoms with E-state index in [9.17, 15) is 9.59 Å². The van der Waals surface area contributed by atoms with E-state index in [0.717, 1.165) is 12.8 Å². The lowest BCUT2D eigenvalue weighted by molar-refractivity contribution is -0.147. The molecule has 0 spiro atoms. The van der Waals surface area contributed by atoms with Crippen molar-refractivity contribution in [1.82, 2.24) is 15.4 Å². The quantitative estimate of drug-likeness (QED) is 0.459. The summed E-state index contributed by atoms with van der Waals surface area (Å²) in [5.41, 5.74) is 2.94. The highest BCUT2D eigenvalue weighted by molar-refractivity contribution is 7.75. The fraction of sp³-hybridized carbons (Fsp3) is 0.875. The molecule has 4 rings (SSSR count). The molecule has 7 nitrogen and oxygen atoms in total. The molecule has 0 aromatic carbocycles. The second-order valence-corrected chi connectivity index (χ2v) is 8.31. The van der Waals surface area contributed by atoms with Crippen LogP contribution in [-0.2, 0) is 13.9 Å². The average molecular weight is 355 g/mol. The van der Waals surface area contributed by atoms with Crippen LogP contribution in [0.15, 0.2) is 0 Å². The summed E-state index contributed by atoms with van der Waals surface area (Å²) in [6.07, 6.45) is 4.86. The zero-order valence-electron chi connectivity index (χ0n) is 14.1. The average Bonchev–Trinajstić information content (AvgIpc) is 3.09. The van der Waals surface area contributed by atoms with Crippen molar-refractivity contribution in [2.24, 2.45) is 17.3 Å². The number of hydrogen-bond donors (Lipinski definition) is 2. The maximum Gasteiger partial charge on any atom is 0.345 e. The molecule has 24 heavy (non-hydrogen) atoms. The van der Waals surface area contributed by atoms with Crippen LogP contribution in [0.25, 0.3) is 0 Å². The fourth-order valence-electron chi connectivity index (χ4n) is 5.30. The first-order valence-electron chi connectivity index (χ1n) is 8.80. The molecule has 2 heterocycles. The number of fused-ring (bicyclic) bond motifs is 4. The van der Waals surface area contributed by atoms with Gasteiger partial charge in [-0.3, -0.25) is 9.63 Å². The number of nitrogens with zero attached hydrogens (tertiary/aromatic N) is 2. The van der Waals surface area contributed by atoms with Crippen LogP contribution >= 0.6 is 12.9 Å². The molecular weight excluding hydrogens is 330 g/mol. The number of piperidine rings is 1. The van der Waals surface area contributed by atoms with Crippen molar-refractivity contribution >= 4 is 24.8 Å². The summed E-state index contributed by atoms with van der Waals surface area (Å²) in [6, 6.07) is -0.811. The standard InChI is InChI=1S/C16H25N3O4S/c1-16(2)9-3-5-11(16)13(7-9)22-17-14(20)12-6-4-10-8-18(12)15(21)19(10)23-24/h9-13,24H,3-8H2,1-2H3,(H,17,20)/t9?,10-,11?,12+,13?/m1/s1. The maximum absolute atomic E-state index is 12.5. The largest absolute Gasteiger partial charge is 0.345 e. The van der Waals surface area contributed by atoms with Crippen LogP contribution in [0.5, 0.6) is 0 Å². The normalized spacial score (nSPS) is 39.6.